The highest BCUT2D eigenvalue weighted by Crippen LogP contribution is 2.53. The second-order valence-electron chi connectivity index (χ2n) is 14.2. The number of aromatic nitrogens is 7. The van der Waals surface area contributed by atoms with Crippen molar-refractivity contribution in [2.75, 3.05) is 5.32 Å². The summed E-state index contributed by atoms with van der Waals surface area (Å²) in [7, 11) is 0. The van der Waals surface area contributed by atoms with Gasteiger partial charge in [-0.1, -0.05) is 36.3 Å². The van der Waals surface area contributed by atoms with Gasteiger partial charge in [0.15, 0.2) is 22.9 Å². The molecule has 246 valence electrons. The summed E-state index contributed by atoms with van der Waals surface area (Å²) in [6.45, 7) is 5.04. The number of hydrogen-bond acceptors (Lipinski definition) is 9. The van der Waals surface area contributed by atoms with Crippen LogP contribution in [-0.4, -0.2) is 44.7 Å². The average molecular weight is 661 g/mol. The number of rotatable bonds is 7. The maximum atomic E-state index is 10.5. The Kier molecular flexibility index (Phi) is 7.32. The maximum Gasteiger partial charge on any atom is 0.196 e. The Balaban J connectivity index is 1.01. The molecule has 0 spiro atoms. The van der Waals surface area contributed by atoms with Gasteiger partial charge < -0.3 is 15.5 Å². The molecule has 4 fully saturated rings. The molecule has 5 aromatic heterocycles. The first-order chi connectivity index (χ1) is 23.4. The molecule has 3 N–H and O–H groups in total. The highest BCUT2D eigenvalue weighted by Gasteiger charge is 2.44. The molecule has 4 saturated carbocycles. The Morgan fingerprint density at radius 2 is 1.75 bits per heavy atom. The van der Waals surface area contributed by atoms with Crippen LogP contribution in [0.3, 0.4) is 0 Å². The van der Waals surface area contributed by atoms with Crippen LogP contribution in [0.5, 0.6) is 0 Å². The number of aryl methyl sites for hydroxylation is 1. The highest BCUT2D eigenvalue weighted by molar-refractivity contribution is 7.22. The number of fused-ring (bicyclic) bond motifs is 4. The lowest BCUT2D eigenvalue weighted by molar-refractivity contribution is -0.0453. The second-order valence-corrected chi connectivity index (χ2v) is 15.2. The van der Waals surface area contributed by atoms with Crippen molar-refractivity contribution in [1.29, 1.82) is 0 Å². The smallest absolute Gasteiger partial charge is 0.196 e. The van der Waals surface area contributed by atoms with Crippen LogP contribution < -0.4 is 5.32 Å². The minimum atomic E-state index is -1.75. The minimum Gasteiger partial charge on any atom is -0.363 e. The third-order valence-electron chi connectivity index (χ3n) is 11.7. The van der Waals surface area contributed by atoms with E-state index in [1.165, 1.54) is 44.9 Å². The number of para-hydroxylation sites is 1. The third-order valence-corrected chi connectivity index (χ3v) is 12.7. The van der Waals surface area contributed by atoms with Crippen LogP contribution >= 0.6 is 11.3 Å². The van der Waals surface area contributed by atoms with Crippen LogP contribution in [0.4, 0.5) is 10.9 Å². The van der Waals surface area contributed by atoms with Gasteiger partial charge in [-0.3, -0.25) is 9.25 Å². The second kappa shape index (κ2) is 11.7. The van der Waals surface area contributed by atoms with Gasteiger partial charge in [0.05, 0.1) is 16.4 Å². The standard InChI is InChI=1S/C37H40N8O2S/c1-20-25-15-16-44(35(25)43-42-34(20)41-37-39-30-5-3-4-6-31(30)48-37)32-14-13-27(33(40-32)36(46)47)28-18-38-45(21(28)2)19-29-23-9-7-22-8-12-26(29)24(17-22)11-10-23/h3-6,13-16,18,22-24,26,29,36,46-47H,7-12,17,19H2,1-2H3,(H,39,41,42). The highest BCUT2D eigenvalue weighted by atomic mass is 32.1. The average Bonchev–Trinajstić information content (AvgIpc) is 3.80. The Morgan fingerprint density at radius 3 is 2.62 bits per heavy atom. The predicted molar refractivity (Wildman–Crippen MR) is 187 cm³/mol. The molecule has 10 rings (SSSR count). The van der Waals surface area contributed by atoms with Crippen molar-refractivity contribution in [3.63, 3.8) is 0 Å². The van der Waals surface area contributed by atoms with Gasteiger partial charge in [0, 0.05) is 40.5 Å². The van der Waals surface area contributed by atoms with E-state index in [-0.39, 0.29) is 5.69 Å². The van der Waals surface area contributed by atoms with Crippen molar-refractivity contribution in [2.24, 2.45) is 29.6 Å². The number of anilines is 2. The van der Waals surface area contributed by atoms with E-state index in [2.05, 4.69) is 38.2 Å². The zero-order chi connectivity index (χ0) is 32.5. The number of pyridine rings is 1. The Bertz CT molecular complexity index is 2120. The zero-order valence-electron chi connectivity index (χ0n) is 27.3. The molecule has 0 amide bonds. The number of thiazole rings is 1. The van der Waals surface area contributed by atoms with Crippen molar-refractivity contribution in [3.05, 3.63) is 71.8 Å². The molecule has 5 atom stereocenters. The molecular formula is C37H40N8O2S. The molecule has 6 aromatic rings. The SMILES string of the molecule is Cc1c(Nc2nc3ccccc3s2)nnc2c1ccn2-c1ccc(-c2cnn(CC3C4CCC5CCC3C(CC4)C5)c2C)c(C(O)O)n1. The van der Waals surface area contributed by atoms with Crippen molar-refractivity contribution in [3.8, 4) is 16.9 Å². The Hall–Kier alpha value is -4.19. The molecule has 5 unspecified atom stereocenters. The number of nitrogens with zero attached hydrogens (tertiary/aromatic N) is 7. The van der Waals surface area contributed by atoms with E-state index in [9.17, 15) is 10.2 Å². The molecule has 0 aliphatic heterocycles. The summed E-state index contributed by atoms with van der Waals surface area (Å²) < 4.78 is 5.11. The van der Waals surface area contributed by atoms with Gasteiger partial charge in [0.1, 0.15) is 11.5 Å². The Morgan fingerprint density at radius 1 is 0.917 bits per heavy atom. The maximum absolute atomic E-state index is 10.5. The van der Waals surface area contributed by atoms with E-state index in [0.29, 0.717) is 28.8 Å². The normalized spacial score (nSPS) is 23.7. The zero-order valence-corrected chi connectivity index (χ0v) is 28.1. The molecule has 1 aromatic carbocycles. The minimum absolute atomic E-state index is 0.194. The molecule has 0 saturated heterocycles. The largest absolute Gasteiger partial charge is 0.363 e. The lowest BCUT2D eigenvalue weighted by Crippen LogP contribution is -2.43. The summed E-state index contributed by atoms with van der Waals surface area (Å²) in [5.74, 6) is 5.28. The first kappa shape index (κ1) is 29.9. The monoisotopic (exact) mass is 660 g/mol. The first-order valence-electron chi connectivity index (χ1n) is 17.3. The number of hydrogen-bond donors (Lipinski definition) is 3. The summed E-state index contributed by atoms with van der Waals surface area (Å²) >= 11 is 1.57. The molecule has 5 heterocycles. The summed E-state index contributed by atoms with van der Waals surface area (Å²) in [6.07, 6.45) is 11.7. The lowest BCUT2D eigenvalue weighted by Gasteiger charge is -2.51. The Labute approximate surface area is 282 Å². The van der Waals surface area contributed by atoms with Crippen LogP contribution in [0, 0.1) is 43.4 Å². The van der Waals surface area contributed by atoms with Crippen LogP contribution in [0.25, 0.3) is 38.2 Å². The topological polar surface area (TPSA) is 127 Å². The van der Waals surface area contributed by atoms with E-state index in [4.69, 9.17) is 10.1 Å². The number of benzene rings is 1. The van der Waals surface area contributed by atoms with Gasteiger partial charge in [-0.2, -0.15) is 5.10 Å². The fourth-order valence-electron chi connectivity index (χ4n) is 9.19. The fraction of sp³-hybridized carbons (Fsp3) is 0.432. The van der Waals surface area contributed by atoms with Crippen LogP contribution in [0.15, 0.2) is 54.9 Å². The summed E-state index contributed by atoms with van der Waals surface area (Å²) in [5.41, 5.74) is 5.31. The van der Waals surface area contributed by atoms with E-state index in [1.807, 2.05) is 60.3 Å². The van der Waals surface area contributed by atoms with E-state index in [1.54, 1.807) is 11.3 Å². The number of nitrogens with one attached hydrogen (secondary N) is 1. The van der Waals surface area contributed by atoms with Crippen molar-refractivity contribution in [2.45, 2.75) is 71.6 Å². The van der Waals surface area contributed by atoms with Gasteiger partial charge in [-0.15, -0.1) is 10.2 Å². The van der Waals surface area contributed by atoms with Crippen LogP contribution in [0.1, 0.15) is 68.2 Å². The summed E-state index contributed by atoms with van der Waals surface area (Å²) in [5, 5.41) is 40.0. The molecule has 4 bridgehead atoms. The fourth-order valence-corrected chi connectivity index (χ4v) is 10.1. The number of aliphatic hydroxyl groups is 2. The van der Waals surface area contributed by atoms with Gasteiger partial charge >= 0.3 is 0 Å². The van der Waals surface area contributed by atoms with E-state index < -0.39 is 6.29 Å². The lowest BCUT2D eigenvalue weighted by atomic mass is 9.55. The molecule has 0 radical (unpaired) electrons. The molecule has 4 aliphatic carbocycles. The summed E-state index contributed by atoms with van der Waals surface area (Å²) in [4.78, 5) is 9.44. The van der Waals surface area contributed by atoms with Gasteiger partial charge in [-0.25, -0.2) is 9.97 Å². The van der Waals surface area contributed by atoms with Gasteiger partial charge in [0.2, 0.25) is 0 Å². The van der Waals surface area contributed by atoms with Crippen LogP contribution in [-0.2, 0) is 6.54 Å². The third kappa shape index (κ3) is 5.02. The van der Waals surface area contributed by atoms with Crippen molar-refractivity contribution < 1.29 is 10.2 Å². The summed E-state index contributed by atoms with van der Waals surface area (Å²) in [6, 6.07) is 13.8. The first-order valence-corrected chi connectivity index (χ1v) is 18.1. The van der Waals surface area contributed by atoms with Crippen molar-refractivity contribution >= 4 is 43.5 Å². The van der Waals surface area contributed by atoms with E-state index >= 15 is 0 Å². The van der Waals surface area contributed by atoms with Gasteiger partial charge in [-0.05, 0) is 106 Å². The number of aliphatic hydroxyl groups excluding tert-OH is 1. The van der Waals surface area contributed by atoms with Crippen LogP contribution in [0.2, 0.25) is 0 Å². The molecule has 11 heteroatoms. The molecular weight excluding hydrogens is 621 g/mol. The predicted octanol–water partition coefficient (Wildman–Crippen LogP) is 7.48. The van der Waals surface area contributed by atoms with Gasteiger partial charge in [0.25, 0.3) is 0 Å². The van der Waals surface area contributed by atoms with E-state index in [0.717, 1.165) is 67.8 Å². The molecule has 10 nitrogen and oxygen atoms in total. The quantitative estimate of drug-likeness (QED) is 0.150. The molecule has 48 heavy (non-hydrogen) atoms. The van der Waals surface area contributed by atoms with Crippen molar-refractivity contribution in [1.82, 2.24) is 34.5 Å². The molecule has 4 aliphatic rings.